The van der Waals surface area contributed by atoms with Crippen LogP contribution in [0.25, 0.3) is 0 Å². The Bertz CT molecular complexity index is 757. The zero-order chi connectivity index (χ0) is 15.9. The maximum atomic E-state index is 12.2. The maximum absolute atomic E-state index is 12.2. The third kappa shape index (κ3) is 3.40. The highest BCUT2D eigenvalue weighted by Gasteiger charge is 2.15. The molecule has 0 saturated carbocycles. The van der Waals surface area contributed by atoms with Crippen molar-refractivity contribution in [1.29, 1.82) is 5.26 Å². The number of Topliss-reactive ketones (excluding diaryl/α,β-unsaturated/α-hetero) is 1. The van der Waals surface area contributed by atoms with E-state index in [0.29, 0.717) is 16.1 Å². The molecule has 0 aliphatic heterocycles. The van der Waals surface area contributed by atoms with E-state index in [0.717, 1.165) is 0 Å². The second kappa shape index (κ2) is 7.20. The van der Waals surface area contributed by atoms with Gasteiger partial charge in [-0.1, -0.05) is 30.3 Å². The lowest BCUT2D eigenvalue weighted by Gasteiger charge is -2.03. The minimum absolute atomic E-state index is 0.0479. The van der Waals surface area contributed by atoms with Crippen LogP contribution in [0.3, 0.4) is 0 Å². The highest BCUT2D eigenvalue weighted by atomic mass is 32.1. The molecule has 22 heavy (non-hydrogen) atoms. The number of nitrogens with one attached hydrogen (secondary N) is 1. The number of allylic oxidation sites excluding steroid dienone is 1. The van der Waals surface area contributed by atoms with Crippen molar-refractivity contribution >= 4 is 28.8 Å². The topological polar surface area (TPSA) is 79.2 Å². The van der Waals surface area contributed by atoms with E-state index in [2.05, 4.69) is 10.1 Å². The Balaban J connectivity index is 2.21. The quantitative estimate of drug-likeness (QED) is 0.397. The van der Waals surface area contributed by atoms with Crippen LogP contribution in [0.2, 0.25) is 0 Å². The second-order valence-corrected chi connectivity index (χ2v) is 5.08. The number of carbonyl (C=O) groups excluding carboxylic acids is 2. The molecule has 1 aromatic heterocycles. The Morgan fingerprint density at radius 1 is 1.27 bits per heavy atom. The van der Waals surface area contributed by atoms with Crippen molar-refractivity contribution in [2.45, 2.75) is 0 Å². The van der Waals surface area contributed by atoms with Gasteiger partial charge in [-0.2, -0.15) is 5.26 Å². The van der Waals surface area contributed by atoms with Crippen LogP contribution < -0.4 is 5.32 Å². The molecule has 2 rings (SSSR count). The summed E-state index contributed by atoms with van der Waals surface area (Å²) >= 11 is 1.21. The van der Waals surface area contributed by atoms with Gasteiger partial charge in [0.05, 0.1) is 12.8 Å². The average molecular weight is 312 g/mol. The highest BCUT2D eigenvalue weighted by molar-refractivity contribution is 7.12. The molecular weight excluding hydrogens is 300 g/mol. The minimum atomic E-state index is -0.473. The summed E-state index contributed by atoms with van der Waals surface area (Å²) < 4.78 is 4.66. The molecule has 0 atom stereocenters. The van der Waals surface area contributed by atoms with Gasteiger partial charge in [0.25, 0.3) is 0 Å². The van der Waals surface area contributed by atoms with Crippen LogP contribution >= 0.6 is 11.3 Å². The van der Waals surface area contributed by atoms with Crippen LogP contribution in [-0.4, -0.2) is 18.9 Å². The number of nitrogens with zero attached hydrogens (tertiary/aromatic N) is 1. The number of esters is 1. The normalized spacial score (nSPS) is 10.6. The fourth-order valence-corrected chi connectivity index (χ4v) is 2.49. The number of anilines is 1. The summed E-state index contributed by atoms with van der Waals surface area (Å²) in [6.07, 6.45) is 1.30. The van der Waals surface area contributed by atoms with Gasteiger partial charge in [0.1, 0.15) is 16.5 Å². The summed E-state index contributed by atoms with van der Waals surface area (Å²) in [4.78, 5) is 24.1. The van der Waals surface area contributed by atoms with E-state index in [9.17, 15) is 9.59 Å². The Morgan fingerprint density at radius 2 is 2.00 bits per heavy atom. The molecule has 110 valence electrons. The molecule has 0 aliphatic carbocycles. The van der Waals surface area contributed by atoms with Crippen LogP contribution in [0.15, 0.2) is 53.6 Å². The van der Waals surface area contributed by atoms with Crippen molar-refractivity contribution in [1.82, 2.24) is 0 Å². The number of nitriles is 1. The Labute approximate surface area is 131 Å². The lowest BCUT2D eigenvalue weighted by atomic mass is 10.1. The molecule has 1 heterocycles. The van der Waals surface area contributed by atoms with Crippen molar-refractivity contribution < 1.29 is 14.3 Å². The first kappa shape index (κ1) is 15.5. The van der Waals surface area contributed by atoms with Crippen molar-refractivity contribution in [3.63, 3.8) is 0 Å². The zero-order valence-corrected chi connectivity index (χ0v) is 12.5. The van der Waals surface area contributed by atoms with Crippen LogP contribution in [0.1, 0.15) is 20.0 Å². The van der Waals surface area contributed by atoms with E-state index in [-0.39, 0.29) is 11.4 Å². The third-order valence-electron chi connectivity index (χ3n) is 2.81. The average Bonchev–Trinajstić information content (AvgIpc) is 3.03. The SMILES string of the molecule is COC(=O)c1sccc1N/C=C(\C#N)C(=O)c1ccccc1. The van der Waals surface area contributed by atoms with E-state index in [4.69, 9.17) is 5.26 Å². The summed E-state index contributed by atoms with van der Waals surface area (Å²) in [5.74, 6) is -0.857. The lowest BCUT2D eigenvalue weighted by molar-refractivity contribution is 0.0607. The largest absolute Gasteiger partial charge is 0.465 e. The van der Waals surface area contributed by atoms with Gasteiger partial charge in [-0.3, -0.25) is 4.79 Å². The van der Waals surface area contributed by atoms with Crippen LogP contribution in [0.4, 0.5) is 5.69 Å². The molecule has 0 saturated heterocycles. The molecule has 0 bridgehead atoms. The summed E-state index contributed by atoms with van der Waals surface area (Å²) in [7, 11) is 1.29. The van der Waals surface area contributed by atoms with Gasteiger partial charge < -0.3 is 10.1 Å². The Kier molecular flexibility index (Phi) is 5.07. The van der Waals surface area contributed by atoms with E-state index < -0.39 is 5.97 Å². The van der Waals surface area contributed by atoms with Crippen molar-refractivity contribution in [2.24, 2.45) is 0 Å². The smallest absolute Gasteiger partial charge is 0.350 e. The van der Waals surface area contributed by atoms with Gasteiger partial charge in [0.2, 0.25) is 5.78 Å². The predicted molar refractivity (Wildman–Crippen MR) is 83.7 cm³/mol. The van der Waals surface area contributed by atoms with Gasteiger partial charge in [-0.05, 0) is 11.4 Å². The molecule has 5 nitrogen and oxygen atoms in total. The molecule has 1 N–H and O–H groups in total. The van der Waals surface area contributed by atoms with Crippen LogP contribution in [0.5, 0.6) is 0 Å². The first-order valence-corrected chi connectivity index (χ1v) is 7.17. The number of carbonyl (C=O) groups is 2. The monoisotopic (exact) mass is 312 g/mol. The minimum Gasteiger partial charge on any atom is -0.465 e. The van der Waals surface area contributed by atoms with E-state index in [1.54, 1.807) is 41.8 Å². The number of hydrogen-bond acceptors (Lipinski definition) is 6. The predicted octanol–water partition coefficient (Wildman–Crippen LogP) is 3.24. The molecule has 1 aromatic carbocycles. The first-order valence-electron chi connectivity index (χ1n) is 6.29. The van der Waals surface area contributed by atoms with Gasteiger partial charge in [-0.25, -0.2) is 4.79 Å². The molecule has 0 amide bonds. The van der Waals surface area contributed by atoms with Gasteiger partial charge in [0.15, 0.2) is 0 Å². The lowest BCUT2D eigenvalue weighted by Crippen LogP contribution is -2.06. The number of benzene rings is 1. The van der Waals surface area contributed by atoms with E-state index >= 15 is 0 Å². The third-order valence-corrected chi connectivity index (χ3v) is 3.70. The number of ether oxygens (including phenoxy) is 1. The molecule has 0 fully saturated rings. The molecule has 2 aromatic rings. The fourth-order valence-electron chi connectivity index (χ4n) is 1.72. The Hall–Kier alpha value is -2.91. The Morgan fingerprint density at radius 3 is 2.64 bits per heavy atom. The van der Waals surface area contributed by atoms with Gasteiger partial charge >= 0.3 is 5.97 Å². The number of rotatable bonds is 5. The molecule has 6 heteroatoms. The second-order valence-electron chi connectivity index (χ2n) is 4.16. The summed E-state index contributed by atoms with van der Waals surface area (Å²) in [5.41, 5.74) is 0.870. The molecule has 0 unspecified atom stereocenters. The first-order chi connectivity index (χ1) is 10.7. The number of ketones is 1. The van der Waals surface area contributed by atoms with Crippen molar-refractivity contribution in [3.05, 3.63) is 64.0 Å². The number of methoxy groups -OCH3 is 1. The van der Waals surface area contributed by atoms with E-state index in [1.165, 1.54) is 24.6 Å². The van der Waals surface area contributed by atoms with Gasteiger partial charge in [0, 0.05) is 11.8 Å². The summed E-state index contributed by atoms with van der Waals surface area (Å²) in [5, 5.41) is 13.7. The fraction of sp³-hybridized carbons (Fsp3) is 0.0625. The van der Waals surface area contributed by atoms with Crippen LogP contribution in [-0.2, 0) is 4.74 Å². The maximum Gasteiger partial charge on any atom is 0.350 e. The van der Waals surface area contributed by atoms with Crippen molar-refractivity contribution in [3.8, 4) is 6.07 Å². The number of thiophene rings is 1. The molecule has 0 aliphatic rings. The van der Waals surface area contributed by atoms with E-state index in [1.807, 2.05) is 6.07 Å². The standard InChI is InChI=1S/C16H12N2O3S/c1-21-16(20)15-13(7-8-22-15)18-10-12(9-17)14(19)11-5-3-2-4-6-11/h2-8,10,18H,1H3/b12-10+. The molecular formula is C16H12N2O3S. The van der Waals surface area contributed by atoms with Crippen molar-refractivity contribution in [2.75, 3.05) is 12.4 Å². The molecule has 0 radical (unpaired) electrons. The summed E-state index contributed by atoms with van der Waals surface area (Å²) in [6, 6.07) is 12.1. The zero-order valence-electron chi connectivity index (χ0n) is 11.7. The highest BCUT2D eigenvalue weighted by Crippen LogP contribution is 2.23. The van der Waals surface area contributed by atoms with Gasteiger partial charge in [-0.15, -0.1) is 11.3 Å². The van der Waals surface area contributed by atoms with Crippen LogP contribution in [0, 0.1) is 11.3 Å². The summed E-state index contributed by atoms with van der Waals surface area (Å²) in [6.45, 7) is 0. The number of hydrogen-bond donors (Lipinski definition) is 1. The molecule has 0 spiro atoms.